The van der Waals surface area contributed by atoms with Gasteiger partial charge in [-0.05, 0) is 18.9 Å². The van der Waals surface area contributed by atoms with Gasteiger partial charge >= 0.3 is 29.6 Å². The monoisotopic (exact) mass is 257 g/mol. The third kappa shape index (κ3) is 3.20. The van der Waals surface area contributed by atoms with E-state index in [-0.39, 0.29) is 47.3 Å². The minimum absolute atomic E-state index is 0. The maximum atomic E-state index is 11.5. The number of aliphatic hydroxyl groups is 1. The molecule has 1 aromatic carbocycles. The summed E-state index contributed by atoms with van der Waals surface area (Å²) in [6.45, 7) is 1.33. The van der Waals surface area contributed by atoms with Crippen LogP contribution in [0.3, 0.4) is 0 Å². The molecule has 2 rings (SSSR count). The molecule has 1 amide bonds. The van der Waals surface area contributed by atoms with Gasteiger partial charge in [0.05, 0.1) is 12.1 Å². The first-order chi connectivity index (χ1) is 8.09. The normalized spacial score (nSPS) is 26.3. The van der Waals surface area contributed by atoms with Crippen molar-refractivity contribution in [2.24, 2.45) is 5.92 Å². The van der Waals surface area contributed by atoms with Gasteiger partial charge in [0.15, 0.2) is 0 Å². The molecule has 0 bridgehead atoms. The second-order valence-electron chi connectivity index (χ2n) is 4.38. The zero-order valence-electron chi connectivity index (χ0n) is 9.59. The second kappa shape index (κ2) is 6.48. The molecule has 0 aliphatic carbocycles. The Morgan fingerprint density at radius 2 is 1.94 bits per heavy atom. The molecule has 3 atom stereocenters. The summed E-state index contributed by atoms with van der Waals surface area (Å²) in [5.74, 6) is -1.57. The van der Waals surface area contributed by atoms with Gasteiger partial charge in [-0.15, -0.1) is 0 Å². The maximum absolute atomic E-state index is 11.5. The van der Waals surface area contributed by atoms with Crippen molar-refractivity contribution >= 4 is 41.2 Å². The van der Waals surface area contributed by atoms with Crippen molar-refractivity contribution in [1.82, 2.24) is 5.32 Å². The predicted octanol–water partition coefficient (Wildman–Crippen LogP) is -0.355. The molecule has 92 valence electrons. The van der Waals surface area contributed by atoms with Gasteiger partial charge in [-0.1, -0.05) is 30.3 Å². The molecule has 0 aromatic heterocycles. The third-order valence-corrected chi connectivity index (χ3v) is 3.10. The Morgan fingerprint density at radius 3 is 2.44 bits per heavy atom. The fourth-order valence-electron chi connectivity index (χ4n) is 2.21. The molecule has 1 aromatic rings. The van der Waals surface area contributed by atoms with E-state index in [9.17, 15) is 14.7 Å². The van der Waals surface area contributed by atoms with Crippen molar-refractivity contribution in [3.63, 3.8) is 0 Å². The Kier molecular flexibility index (Phi) is 5.53. The van der Waals surface area contributed by atoms with Gasteiger partial charge in [-0.2, -0.15) is 0 Å². The fourth-order valence-corrected chi connectivity index (χ4v) is 2.21. The fraction of sp³-hybridized carbons (Fsp3) is 0.385. The van der Waals surface area contributed by atoms with E-state index < -0.39 is 12.0 Å². The third-order valence-electron chi connectivity index (χ3n) is 3.10. The summed E-state index contributed by atoms with van der Waals surface area (Å²) in [7, 11) is 0. The molecule has 4 nitrogen and oxygen atoms in total. The molecule has 5 heteroatoms. The van der Waals surface area contributed by atoms with Gasteiger partial charge in [0.2, 0.25) is 5.91 Å². The van der Waals surface area contributed by atoms with Crippen LogP contribution < -0.4 is 5.32 Å². The van der Waals surface area contributed by atoms with Crippen molar-refractivity contribution in [2.45, 2.75) is 25.5 Å². The molecular weight excluding hydrogens is 241 g/mol. The van der Waals surface area contributed by atoms with Gasteiger partial charge in [0.25, 0.3) is 0 Å². The molecule has 18 heavy (non-hydrogen) atoms. The van der Waals surface area contributed by atoms with Crippen LogP contribution in [0.4, 0.5) is 0 Å². The van der Waals surface area contributed by atoms with Gasteiger partial charge < -0.3 is 10.4 Å². The van der Waals surface area contributed by atoms with Crippen molar-refractivity contribution in [3.8, 4) is 0 Å². The first-order valence-electron chi connectivity index (χ1n) is 5.62. The molecule has 1 aliphatic heterocycles. The Labute approximate surface area is 128 Å². The van der Waals surface area contributed by atoms with E-state index in [1.165, 1.54) is 6.92 Å². The van der Waals surface area contributed by atoms with E-state index >= 15 is 0 Å². The molecule has 3 unspecified atom stereocenters. The Hall–Kier alpha value is -0.680. The van der Waals surface area contributed by atoms with Crippen LogP contribution in [0.2, 0.25) is 0 Å². The van der Waals surface area contributed by atoms with Crippen LogP contribution in [-0.2, 0) is 16.0 Å². The molecular formula is C13H16NNaO3. The summed E-state index contributed by atoms with van der Waals surface area (Å²) in [5, 5.41) is 12.6. The number of Topliss-reactive ketones (excluding diaryl/α,β-unsaturated/α-hetero) is 1. The molecule has 2 N–H and O–H groups in total. The van der Waals surface area contributed by atoms with E-state index in [0.29, 0.717) is 6.42 Å². The van der Waals surface area contributed by atoms with Gasteiger partial charge in [0.1, 0.15) is 11.7 Å². The number of rotatable bonds is 3. The zero-order valence-corrected chi connectivity index (χ0v) is 9.59. The summed E-state index contributed by atoms with van der Waals surface area (Å²) in [4.78, 5) is 22.8. The van der Waals surface area contributed by atoms with Gasteiger partial charge in [0, 0.05) is 0 Å². The number of hydrogen-bond acceptors (Lipinski definition) is 3. The van der Waals surface area contributed by atoms with Crippen LogP contribution in [0.25, 0.3) is 0 Å². The van der Waals surface area contributed by atoms with E-state index in [4.69, 9.17) is 0 Å². The van der Waals surface area contributed by atoms with E-state index in [0.717, 1.165) is 5.56 Å². The van der Waals surface area contributed by atoms with Crippen LogP contribution in [-0.4, -0.2) is 58.5 Å². The molecule has 0 spiro atoms. The summed E-state index contributed by atoms with van der Waals surface area (Å²) in [6.07, 6.45) is -0.391. The number of carbonyl (C=O) groups excluding carboxylic acids is 2. The molecule has 1 heterocycles. The minimum atomic E-state index is -0.930. The van der Waals surface area contributed by atoms with Crippen LogP contribution in [0.5, 0.6) is 0 Å². The average Bonchev–Trinajstić information content (AvgIpc) is 2.55. The van der Waals surface area contributed by atoms with Crippen LogP contribution in [0.1, 0.15) is 12.5 Å². The van der Waals surface area contributed by atoms with Crippen molar-refractivity contribution in [3.05, 3.63) is 35.9 Å². The number of benzene rings is 1. The molecule has 0 radical (unpaired) electrons. The van der Waals surface area contributed by atoms with Crippen LogP contribution in [0, 0.1) is 5.92 Å². The summed E-state index contributed by atoms with van der Waals surface area (Å²) >= 11 is 0. The second-order valence-corrected chi connectivity index (χ2v) is 4.38. The summed E-state index contributed by atoms with van der Waals surface area (Å²) < 4.78 is 0. The van der Waals surface area contributed by atoms with E-state index in [1.807, 2.05) is 30.3 Å². The first kappa shape index (κ1) is 15.4. The average molecular weight is 257 g/mol. The zero-order chi connectivity index (χ0) is 12.4. The van der Waals surface area contributed by atoms with Gasteiger partial charge in [-0.25, -0.2) is 0 Å². The predicted molar refractivity (Wildman–Crippen MR) is 69.4 cm³/mol. The van der Waals surface area contributed by atoms with Crippen molar-refractivity contribution < 1.29 is 14.7 Å². The Bertz CT molecular complexity index is 435. The quantitative estimate of drug-likeness (QED) is 0.574. The Balaban J connectivity index is 0.00000162. The summed E-state index contributed by atoms with van der Waals surface area (Å²) in [6, 6.07) is 9.20. The van der Waals surface area contributed by atoms with E-state index in [1.54, 1.807) is 0 Å². The van der Waals surface area contributed by atoms with E-state index in [2.05, 4.69) is 5.32 Å². The summed E-state index contributed by atoms with van der Waals surface area (Å²) in [5.41, 5.74) is 1.03. The standard InChI is InChI=1S/C13H15NO3.Na.H/c1-8(15)11-12(16)10(14-13(11)17)7-9-5-3-2-4-6-9;;/h2-6,10-12,16H,7H2,1H3,(H,14,17);;. The molecule has 1 fully saturated rings. The first-order valence-corrected chi connectivity index (χ1v) is 5.62. The van der Waals surface area contributed by atoms with Crippen molar-refractivity contribution in [2.75, 3.05) is 0 Å². The SMILES string of the molecule is CC(=O)C1C(=O)NC(Cc2ccccc2)C1O.[NaH]. The van der Waals surface area contributed by atoms with Gasteiger partial charge in [-0.3, -0.25) is 9.59 Å². The van der Waals surface area contributed by atoms with Crippen molar-refractivity contribution in [1.29, 1.82) is 0 Å². The van der Waals surface area contributed by atoms with Crippen LogP contribution >= 0.6 is 0 Å². The van der Waals surface area contributed by atoms with Crippen LogP contribution in [0.15, 0.2) is 30.3 Å². The molecule has 0 saturated carbocycles. The number of carbonyl (C=O) groups is 2. The molecule has 1 saturated heterocycles. The number of amides is 1. The number of nitrogens with one attached hydrogen (secondary N) is 1. The number of aliphatic hydroxyl groups excluding tert-OH is 1. The topological polar surface area (TPSA) is 66.4 Å². The Morgan fingerprint density at radius 1 is 1.33 bits per heavy atom. The number of ketones is 1. The molecule has 1 aliphatic rings. The number of hydrogen-bond donors (Lipinski definition) is 2.